The van der Waals surface area contributed by atoms with E-state index in [2.05, 4.69) is 20.9 Å². The van der Waals surface area contributed by atoms with Crippen molar-refractivity contribution < 1.29 is 13.5 Å². The van der Waals surface area contributed by atoms with Crippen LogP contribution in [0.25, 0.3) is 0 Å². The van der Waals surface area contributed by atoms with Gasteiger partial charge in [-0.25, -0.2) is 8.42 Å². The number of rotatable bonds is 6. The molecule has 24 heavy (non-hydrogen) atoms. The molecule has 2 aromatic carbocycles. The number of aliphatic imine (C=N–C) groups is 1. The Kier molecular flexibility index (Phi) is 6.15. The zero-order chi connectivity index (χ0) is 17.7. The van der Waals surface area contributed by atoms with Gasteiger partial charge >= 0.3 is 0 Å². The lowest BCUT2D eigenvalue weighted by molar-refractivity contribution is 0.445. The Morgan fingerprint density at radius 1 is 1.12 bits per heavy atom. The lowest BCUT2D eigenvalue weighted by atomic mass is 10.2. The number of aromatic hydroxyl groups is 1. The first kappa shape index (κ1) is 18.6. The summed E-state index contributed by atoms with van der Waals surface area (Å²) in [6.07, 6.45) is 1.54. The second-order valence-electron chi connectivity index (χ2n) is 5.04. The average molecular weight is 411 g/mol. The quantitative estimate of drug-likeness (QED) is 0.733. The summed E-state index contributed by atoms with van der Waals surface area (Å²) >= 11 is 3.34. The number of nitrogens with zero attached hydrogens (tertiary/aromatic N) is 2. The first-order chi connectivity index (χ1) is 11.4. The number of hydrogen-bond acceptors (Lipinski definition) is 4. The number of benzene rings is 2. The fourth-order valence-electron chi connectivity index (χ4n) is 2.19. The molecule has 0 heterocycles. The maximum atomic E-state index is 12.4. The van der Waals surface area contributed by atoms with Crippen LogP contribution in [0.3, 0.4) is 0 Å². The third-order valence-corrected chi connectivity index (χ3v) is 6.08. The third-order valence-electron chi connectivity index (χ3n) is 3.52. The first-order valence-corrected chi connectivity index (χ1v) is 9.74. The summed E-state index contributed by atoms with van der Waals surface area (Å²) in [5.41, 5.74) is 1.18. The molecule has 5 nitrogen and oxygen atoms in total. The molecule has 0 aromatic heterocycles. The highest BCUT2D eigenvalue weighted by molar-refractivity contribution is 9.10. The molecule has 0 radical (unpaired) electrons. The van der Waals surface area contributed by atoms with E-state index in [1.165, 1.54) is 10.5 Å². The Morgan fingerprint density at radius 3 is 2.33 bits per heavy atom. The summed E-state index contributed by atoms with van der Waals surface area (Å²) in [6.45, 7) is 4.48. The number of phenolic OH excluding ortho intramolecular Hbond substituents is 1. The van der Waals surface area contributed by atoms with Gasteiger partial charge in [0.1, 0.15) is 5.75 Å². The number of phenols is 1. The molecule has 0 aliphatic carbocycles. The first-order valence-electron chi connectivity index (χ1n) is 7.51. The van der Waals surface area contributed by atoms with Crippen molar-refractivity contribution in [3.05, 3.63) is 52.5 Å². The van der Waals surface area contributed by atoms with E-state index in [9.17, 15) is 13.5 Å². The average Bonchev–Trinajstić information content (AvgIpc) is 2.57. The molecular formula is C17H19BrN2O3S. The molecule has 2 aromatic rings. The Morgan fingerprint density at radius 2 is 1.75 bits per heavy atom. The third kappa shape index (κ3) is 4.23. The fourth-order valence-corrected chi connectivity index (χ4v) is 4.03. The van der Waals surface area contributed by atoms with Crippen LogP contribution in [0.2, 0.25) is 0 Å². The number of hydrogen-bond donors (Lipinski definition) is 1. The Labute approximate surface area is 150 Å². The summed E-state index contributed by atoms with van der Waals surface area (Å²) in [7, 11) is -3.46. The molecule has 0 bridgehead atoms. The minimum atomic E-state index is -3.46. The summed E-state index contributed by atoms with van der Waals surface area (Å²) in [5.74, 6) is 0.127. The molecule has 0 fully saturated rings. The second-order valence-corrected chi connectivity index (χ2v) is 7.90. The van der Waals surface area contributed by atoms with Gasteiger partial charge < -0.3 is 5.11 Å². The van der Waals surface area contributed by atoms with Gasteiger partial charge in [0.2, 0.25) is 10.0 Å². The van der Waals surface area contributed by atoms with Gasteiger partial charge in [0, 0.05) is 29.3 Å². The predicted molar refractivity (Wildman–Crippen MR) is 99.6 cm³/mol. The van der Waals surface area contributed by atoms with Gasteiger partial charge in [-0.05, 0) is 42.5 Å². The molecule has 0 amide bonds. The van der Waals surface area contributed by atoms with Crippen LogP contribution in [-0.4, -0.2) is 37.1 Å². The maximum absolute atomic E-state index is 12.4. The standard InChI is InChI=1S/C17H19BrN2O3S/c1-3-20(4-2)24(22,23)16-8-6-15(7-9-16)19-12-13-11-14(18)5-10-17(13)21/h5-12,21H,3-4H2,1-2H3. The van der Waals surface area contributed by atoms with Crippen LogP contribution in [0, 0.1) is 0 Å². The van der Waals surface area contributed by atoms with E-state index in [0.717, 1.165) is 4.47 Å². The van der Waals surface area contributed by atoms with Crippen LogP contribution in [0.1, 0.15) is 19.4 Å². The highest BCUT2D eigenvalue weighted by atomic mass is 79.9. The molecule has 128 valence electrons. The second kappa shape index (κ2) is 7.92. The highest BCUT2D eigenvalue weighted by Crippen LogP contribution is 2.23. The minimum absolute atomic E-state index is 0.127. The van der Waals surface area contributed by atoms with Crippen molar-refractivity contribution in [3.8, 4) is 5.75 Å². The molecule has 0 atom stereocenters. The number of sulfonamides is 1. The topological polar surface area (TPSA) is 70.0 Å². The van der Waals surface area contributed by atoms with Gasteiger partial charge in [0.05, 0.1) is 10.6 Å². The van der Waals surface area contributed by atoms with Crippen LogP contribution < -0.4 is 0 Å². The summed E-state index contributed by atoms with van der Waals surface area (Å²) in [5, 5.41) is 9.78. The highest BCUT2D eigenvalue weighted by Gasteiger charge is 2.20. The molecule has 0 aliphatic heterocycles. The fraction of sp³-hybridized carbons (Fsp3) is 0.235. The molecule has 0 aliphatic rings. The van der Waals surface area contributed by atoms with E-state index in [4.69, 9.17) is 0 Å². The zero-order valence-corrected chi connectivity index (χ0v) is 15.9. The summed E-state index contributed by atoms with van der Waals surface area (Å²) in [4.78, 5) is 4.52. The lowest BCUT2D eigenvalue weighted by Gasteiger charge is -2.18. The van der Waals surface area contributed by atoms with Crippen LogP contribution in [0.5, 0.6) is 5.75 Å². The van der Waals surface area contributed by atoms with Crippen molar-refractivity contribution >= 4 is 37.9 Å². The van der Waals surface area contributed by atoms with E-state index in [0.29, 0.717) is 24.3 Å². The number of halogens is 1. The minimum Gasteiger partial charge on any atom is -0.507 e. The van der Waals surface area contributed by atoms with E-state index in [1.54, 1.807) is 42.5 Å². The summed E-state index contributed by atoms with van der Waals surface area (Å²) in [6, 6.07) is 11.4. The summed E-state index contributed by atoms with van der Waals surface area (Å²) < 4.78 is 27.1. The Balaban J connectivity index is 2.24. The van der Waals surface area contributed by atoms with Crippen molar-refractivity contribution in [2.45, 2.75) is 18.7 Å². The molecule has 1 N–H and O–H groups in total. The van der Waals surface area contributed by atoms with E-state index in [1.807, 2.05) is 13.8 Å². The molecule has 0 saturated heterocycles. The van der Waals surface area contributed by atoms with Crippen molar-refractivity contribution in [2.24, 2.45) is 4.99 Å². The lowest BCUT2D eigenvalue weighted by Crippen LogP contribution is -2.30. The molecule has 7 heteroatoms. The largest absolute Gasteiger partial charge is 0.507 e. The molecule has 0 spiro atoms. The Hall–Kier alpha value is -1.70. The molecule has 2 rings (SSSR count). The zero-order valence-electron chi connectivity index (χ0n) is 13.5. The van der Waals surface area contributed by atoms with Gasteiger partial charge in [-0.1, -0.05) is 29.8 Å². The van der Waals surface area contributed by atoms with Crippen molar-refractivity contribution in [1.29, 1.82) is 0 Å². The van der Waals surface area contributed by atoms with Gasteiger partial charge in [-0.3, -0.25) is 4.99 Å². The normalized spacial score (nSPS) is 12.2. The van der Waals surface area contributed by atoms with Crippen LogP contribution in [-0.2, 0) is 10.0 Å². The van der Waals surface area contributed by atoms with Crippen molar-refractivity contribution in [2.75, 3.05) is 13.1 Å². The van der Waals surface area contributed by atoms with Gasteiger partial charge in [0.15, 0.2) is 0 Å². The van der Waals surface area contributed by atoms with E-state index < -0.39 is 10.0 Å². The molecular weight excluding hydrogens is 392 g/mol. The van der Waals surface area contributed by atoms with Gasteiger partial charge in [-0.15, -0.1) is 0 Å². The Bertz CT molecular complexity index is 829. The SMILES string of the molecule is CCN(CC)S(=O)(=O)c1ccc(N=Cc2cc(Br)ccc2O)cc1. The van der Waals surface area contributed by atoms with Crippen molar-refractivity contribution in [3.63, 3.8) is 0 Å². The molecule has 0 unspecified atom stereocenters. The van der Waals surface area contributed by atoms with Crippen LogP contribution in [0.4, 0.5) is 5.69 Å². The van der Waals surface area contributed by atoms with E-state index in [-0.39, 0.29) is 10.6 Å². The van der Waals surface area contributed by atoms with Gasteiger partial charge in [0.25, 0.3) is 0 Å². The van der Waals surface area contributed by atoms with Crippen molar-refractivity contribution in [1.82, 2.24) is 4.31 Å². The van der Waals surface area contributed by atoms with Crippen LogP contribution >= 0.6 is 15.9 Å². The maximum Gasteiger partial charge on any atom is 0.243 e. The molecule has 0 saturated carbocycles. The predicted octanol–water partition coefficient (Wildman–Crippen LogP) is 3.94. The smallest absolute Gasteiger partial charge is 0.243 e. The monoisotopic (exact) mass is 410 g/mol. The van der Waals surface area contributed by atoms with Gasteiger partial charge in [-0.2, -0.15) is 4.31 Å². The van der Waals surface area contributed by atoms with Crippen LogP contribution in [0.15, 0.2) is 56.8 Å². The van der Waals surface area contributed by atoms with E-state index >= 15 is 0 Å².